The van der Waals surface area contributed by atoms with Crippen LogP contribution < -0.4 is 4.57 Å². The van der Waals surface area contributed by atoms with Crippen molar-refractivity contribution in [3.8, 4) is 44.5 Å². The first-order valence-corrected chi connectivity index (χ1v) is 18.9. The Morgan fingerprint density at radius 3 is 1.22 bits per heavy atom. The van der Waals surface area contributed by atoms with E-state index >= 15 is 0 Å². The number of rotatable bonds is 7. The molecular weight excluding hydrogens is 743 g/mol. The standard InChI is InChI=1S/C46H31N9O4/c56-40-9-10-41(57)55(40)59-42(58)27-54-25-17-31(18-26-54)46-38-7-5-36(52-38)44(29-13-21-48-22-14-29)34-3-1-32(50-34)43(28-11-19-47-20-12-28)33-2-4-35(51-33)45(30-15-23-49-24-16-30)37-6-8-39(46)53-37/h1-8,11-26H,9-10,27H2,(H,50,51,52,53)/p+1. The van der Waals surface area contributed by atoms with Crippen LogP contribution in [0.5, 0.6) is 0 Å². The van der Waals surface area contributed by atoms with E-state index in [1.165, 1.54) is 0 Å². The first-order chi connectivity index (χ1) is 29.0. The van der Waals surface area contributed by atoms with Crippen molar-refractivity contribution in [2.24, 2.45) is 0 Å². The molecule has 7 aromatic rings. The molecule has 2 N–H and O–H groups in total. The molecule has 0 radical (unpaired) electrons. The molecule has 7 aromatic heterocycles. The van der Waals surface area contributed by atoms with Gasteiger partial charge in [0.2, 0.25) is 6.54 Å². The molecule has 3 aliphatic rings. The van der Waals surface area contributed by atoms with E-state index in [0.717, 1.165) is 83.7 Å². The van der Waals surface area contributed by atoms with E-state index in [9.17, 15) is 14.4 Å². The number of pyridine rings is 4. The lowest BCUT2D eigenvalue weighted by Crippen LogP contribution is -2.41. The Morgan fingerprint density at radius 1 is 0.525 bits per heavy atom. The predicted molar refractivity (Wildman–Crippen MR) is 221 cm³/mol. The van der Waals surface area contributed by atoms with Crippen molar-refractivity contribution in [2.45, 2.75) is 19.4 Å². The SMILES string of the molecule is O=C(C[n+]1ccc(-c2c3nc(c(-c4ccncc4)c4ccc([nH]4)c(-c4ccncc4)c4nc(c(-c5ccncc5)c5ccc2[nH]5)C=C4)C=C3)cc1)ON1C(=O)CCC1=O. The molecular formula is C46H32N9O4+. The average molecular weight is 775 g/mol. The molecule has 1 fully saturated rings. The van der Waals surface area contributed by atoms with Crippen LogP contribution in [0.1, 0.15) is 35.6 Å². The van der Waals surface area contributed by atoms with E-state index in [2.05, 4.69) is 37.1 Å². The van der Waals surface area contributed by atoms with Crippen molar-refractivity contribution >= 4 is 64.2 Å². The number of hydrogen-bond acceptors (Lipinski definition) is 9. The number of hydrogen-bond donors (Lipinski definition) is 2. The van der Waals surface area contributed by atoms with Crippen LogP contribution in [-0.2, 0) is 25.8 Å². The van der Waals surface area contributed by atoms with E-state index < -0.39 is 17.8 Å². The number of nitrogens with one attached hydrogen (secondary N) is 2. The van der Waals surface area contributed by atoms with Gasteiger partial charge in [0.05, 0.1) is 22.8 Å². The lowest BCUT2D eigenvalue weighted by molar-refractivity contribution is -0.686. The molecule has 10 heterocycles. The number of amides is 2. The summed E-state index contributed by atoms with van der Waals surface area (Å²) in [6.07, 6.45) is 22.3. The molecule has 3 aliphatic heterocycles. The minimum Gasteiger partial charge on any atom is -0.354 e. The number of imide groups is 1. The zero-order valence-corrected chi connectivity index (χ0v) is 31.2. The summed E-state index contributed by atoms with van der Waals surface area (Å²) in [6, 6.07) is 23.8. The number of carbonyl (C=O) groups is 3. The molecule has 10 rings (SSSR count). The Labute approximate surface area is 336 Å². The monoisotopic (exact) mass is 774 g/mol. The van der Waals surface area contributed by atoms with Gasteiger partial charge in [-0.15, -0.1) is 5.06 Å². The number of aromatic nitrogens is 8. The summed E-state index contributed by atoms with van der Waals surface area (Å²) >= 11 is 0. The van der Waals surface area contributed by atoms with Crippen molar-refractivity contribution in [3.63, 3.8) is 0 Å². The number of H-pyrrole nitrogens is 2. The Bertz CT molecular complexity index is 3000. The second kappa shape index (κ2) is 14.7. The highest BCUT2D eigenvalue weighted by molar-refractivity contribution is 6.02. The van der Waals surface area contributed by atoms with Crippen molar-refractivity contribution < 1.29 is 23.8 Å². The summed E-state index contributed by atoms with van der Waals surface area (Å²) in [7, 11) is 0. The summed E-state index contributed by atoms with van der Waals surface area (Å²) < 4.78 is 1.63. The number of hydroxylamine groups is 2. The molecule has 0 atom stereocenters. The summed E-state index contributed by atoms with van der Waals surface area (Å²) in [4.78, 5) is 72.8. The summed E-state index contributed by atoms with van der Waals surface area (Å²) in [6.45, 7) is -0.209. The van der Waals surface area contributed by atoms with Gasteiger partial charge in [-0.1, -0.05) is 0 Å². The Morgan fingerprint density at radius 2 is 0.864 bits per heavy atom. The third-order valence-electron chi connectivity index (χ3n) is 10.4. The molecule has 0 unspecified atom stereocenters. The van der Waals surface area contributed by atoms with Crippen molar-refractivity contribution in [1.82, 2.24) is 40.0 Å². The number of carbonyl (C=O) groups excluding carboxylic acids is 3. The van der Waals surface area contributed by atoms with Gasteiger partial charge in [-0.2, -0.15) is 4.57 Å². The molecule has 0 aromatic carbocycles. The lowest BCUT2D eigenvalue weighted by Gasteiger charge is -2.11. The second-order valence-corrected chi connectivity index (χ2v) is 14.0. The van der Waals surface area contributed by atoms with E-state index in [4.69, 9.17) is 14.8 Å². The van der Waals surface area contributed by atoms with Crippen molar-refractivity contribution in [3.05, 3.63) is 145 Å². The second-order valence-electron chi connectivity index (χ2n) is 14.0. The van der Waals surface area contributed by atoms with Gasteiger partial charge in [0.25, 0.3) is 11.8 Å². The highest BCUT2D eigenvalue weighted by Gasteiger charge is 2.33. The van der Waals surface area contributed by atoms with Crippen LogP contribution in [-0.4, -0.2) is 57.7 Å². The maximum atomic E-state index is 12.8. The first-order valence-electron chi connectivity index (χ1n) is 18.9. The maximum Gasteiger partial charge on any atom is 0.398 e. The zero-order valence-electron chi connectivity index (χ0n) is 31.2. The van der Waals surface area contributed by atoms with Gasteiger partial charge < -0.3 is 14.8 Å². The smallest absolute Gasteiger partial charge is 0.354 e. The molecule has 59 heavy (non-hydrogen) atoms. The minimum absolute atomic E-state index is 0.0241. The fraction of sp³-hybridized carbons (Fsp3) is 0.0652. The van der Waals surface area contributed by atoms with Crippen LogP contribution in [0.25, 0.3) is 90.9 Å². The van der Waals surface area contributed by atoms with Crippen LogP contribution in [0, 0.1) is 0 Å². The molecule has 13 heteroatoms. The number of fused-ring (bicyclic) bond motifs is 8. The van der Waals surface area contributed by atoms with Crippen molar-refractivity contribution in [2.75, 3.05) is 0 Å². The van der Waals surface area contributed by atoms with E-state index in [-0.39, 0.29) is 19.4 Å². The van der Waals surface area contributed by atoms with Crippen LogP contribution in [0.3, 0.4) is 0 Å². The maximum absolute atomic E-state index is 12.8. The zero-order chi connectivity index (χ0) is 39.9. The van der Waals surface area contributed by atoms with Crippen LogP contribution in [0.15, 0.2) is 122 Å². The Kier molecular flexibility index (Phi) is 8.79. The molecule has 284 valence electrons. The number of aromatic amines is 2. The lowest BCUT2D eigenvalue weighted by atomic mass is 10.0. The van der Waals surface area contributed by atoms with Gasteiger partial charge in [-0.25, -0.2) is 14.8 Å². The minimum atomic E-state index is -0.735. The van der Waals surface area contributed by atoms with Gasteiger partial charge in [0, 0.05) is 106 Å². The molecule has 8 bridgehead atoms. The van der Waals surface area contributed by atoms with Crippen LogP contribution >= 0.6 is 0 Å². The third-order valence-corrected chi connectivity index (χ3v) is 10.4. The topological polar surface area (TPSA) is 164 Å². The molecule has 2 amide bonds. The summed E-state index contributed by atoms with van der Waals surface area (Å²) in [5, 5.41) is 0.555. The molecule has 0 aliphatic carbocycles. The average Bonchev–Trinajstić information content (AvgIpc) is 4.14. The largest absolute Gasteiger partial charge is 0.398 e. The first kappa shape index (κ1) is 35.2. The van der Waals surface area contributed by atoms with Gasteiger partial charge in [0.1, 0.15) is 0 Å². The van der Waals surface area contributed by atoms with Crippen LogP contribution in [0.2, 0.25) is 0 Å². The highest BCUT2D eigenvalue weighted by Crippen LogP contribution is 2.38. The van der Waals surface area contributed by atoms with Crippen molar-refractivity contribution in [1.29, 1.82) is 0 Å². The quantitative estimate of drug-likeness (QED) is 0.124. The van der Waals surface area contributed by atoms with Crippen LogP contribution in [0.4, 0.5) is 0 Å². The fourth-order valence-corrected chi connectivity index (χ4v) is 7.64. The Balaban J connectivity index is 1.22. The van der Waals surface area contributed by atoms with Gasteiger partial charge in [-0.05, 0) is 107 Å². The van der Waals surface area contributed by atoms with Gasteiger partial charge in [0.15, 0.2) is 12.4 Å². The Hall–Kier alpha value is -8.19. The normalized spacial score (nSPS) is 13.3. The van der Waals surface area contributed by atoms with E-state index in [0.29, 0.717) is 10.8 Å². The third kappa shape index (κ3) is 6.65. The number of nitrogens with zero attached hydrogens (tertiary/aromatic N) is 7. The van der Waals surface area contributed by atoms with Gasteiger partial charge in [-0.3, -0.25) is 24.5 Å². The van der Waals surface area contributed by atoms with E-state index in [1.807, 2.05) is 85.0 Å². The summed E-state index contributed by atoms with van der Waals surface area (Å²) in [5.74, 6) is -1.79. The van der Waals surface area contributed by atoms with E-state index in [1.54, 1.807) is 54.1 Å². The molecule has 0 saturated carbocycles. The molecule has 13 nitrogen and oxygen atoms in total. The predicted octanol–water partition coefficient (Wildman–Crippen LogP) is 7.40. The molecule has 1 saturated heterocycles. The summed E-state index contributed by atoms with van der Waals surface area (Å²) in [5.41, 5.74) is 13.6. The highest BCUT2D eigenvalue weighted by atomic mass is 16.7. The van der Waals surface area contributed by atoms with Gasteiger partial charge >= 0.3 is 5.97 Å². The molecule has 0 spiro atoms. The fourth-order valence-electron chi connectivity index (χ4n) is 7.64.